The van der Waals surface area contributed by atoms with Gasteiger partial charge in [-0.05, 0) is 66.8 Å². The predicted molar refractivity (Wildman–Crippen MR) is 118 cm³/mol. The minimum Gasteiger partial charge on any atom is -0.478 e. The van der Waals surface area contributed by atoms with Crippen molar-refractivity contribution in [2.24, 2.45) is 0 Å². The lowest BCUT2D eigenvalue weighted by molar-refractivity contribution is -0.122. The van der Waals surface area contributed by atoms with Gasteiger partial charge in [-0.2, -0.15) is 5.26 Å². The second-order valence-electron chi connectivity index (χ2n) is 6.67. The van der Waals surface area contributed by atoms with Gasteiger partial charge >= 0.3 is 5.97 Å². The summed E-state index contributed by atoms with van der Waals surface area (Å²) in [6, 6.07) is 17.7. The fraction of sp³-hybridized carbons (Fsp3) is 0. The molecule has 0 radical (unpaired) electrons. The van der Waals surface area contributed by atoms with Crippen molar-refractivity contribution >= 4 is 46.9 Å². The number of anilines is 1. The summed E-state index contributed by atoms with van der Waals surface area (Å²) in [5, 5.41) is 20.7. The average Bonchev–Trinajstić information content (AvgIpc) is 3.25. The van der Waals surface area contributed by atoms with E-state index < -0.39 is 17.8 Å². The highest BCUT2D eigenvalue weighted by atomic mass is 32.1. The molecule has 156 valence electrons. The second-order valence-corrected chi connectivity index (χ2v) is 7.06. The lowest BCUT2D eigenvalue weighted by atomic mass is 10.1. The first-order chi connectivity index (χ1) is 15.4. The van der Waals surface area contributed by atoms with E-state index in [1.165, 1.54) is 30.3 Å². The number of carboxylic acid groups (broad SMARTS) is 1. The van der Waals surface area contributed by atoms with E-state index in [1.807, 2.05) is 0 Å². The summed E-state index contributed by atoms with van der Waals surface area (Å²) in [5.41, 5.74) is 1.15. The first-order valence-electron chi connectivity index (χ1n) is 9.23. The average molecular weight is 443 g/mol. The fourth-order valence-corrected chi connectivity index (χ4v) is 3.44. The number of carbonyl (C=O) groups is 3. The number of benzene rings is 2. The number of thiocarbonyl (C=S) groups is 1. The van der Waals surface area contributed by atoms with E-state index in [4.69, 9.17) is 21.7 Å². The van der Waals surface area contributed by atoms with Gasteiger partial charge in [0, 0.05) is 5.56 Å². The molecule has 1 aliphatic heterocycles. The Morgan fingerprint density at radius 3 is 2.50 bits per heavy atom. The SMILES string of the molecule is N#Cc1ccccc1-c1ccc(/C=C2\C(=O)NC(=S)N(c3ccc(C(=O)O)cc3)C2=O)o1. The van der Waals surface area contributed by atoms with E-state index in [0.29, 0.717) is 22.6 Å². The number of carboxylic acids is 1. The molecule has 4 rings (SSSR count). The van der Waals surface area contributed by atoms with Gasteiger partial charge < -0.3 is 9.52 Å². The van der Waals surface area contributed by atoms with E-state index >= 15 is 0 Å². The first kappa shape index (κ1) is 20.7. The Bertz CT molecular complexity index is 1350. The molecule has 9 heteroatoms. The highest BCUT2D eigenvalue weighted by Crippen LogP contribution is 2.28. The van der Waals surface area contributed by atoms with E-state index in [-0.39, 0.29) is 22.0 Å². The van der Waals surface area contributed by atoms with Crippen LogP contribution in [0.3, 0.4) is 0 Å². The molecule has 0 saturated carbocycles. The number of furan rings is 1. The third-order valence-corrected chi connectivity index (χ3v) is 4.99. The van der Waals surface area contributed by atoms with Crippen molar-refractivity contribution in [1.82, 2.24) is 5.32 Å². The van der Waals surface area contributed by atoms with Crippen molar-refractivity contribution in [3.05, 3.63) is 83.1 Å². The number of carbonyl (C=O) groups excluding carboxylic acids is 2. The summed E-state index contributed by atoms with van der Waals surface area (Å²) in [7, 11) is 0. The van der Waals surface area contributed by atoms with Crippen LogP contribution >= 0.6 is 12.2 Å². The molecular formula is C23H13N3O5S. The van der Waals surface area contributed by atoms with Crippen LogP contribution in [0.1, 0.15) is 21.7 Å². The molecule has 0 bridgehead atoms. The molecule has 1 aromatic heterocycles. The third-order valence-electron chi connectivity index (χ3n) is 4.70. The number of nitrogens with one attached hydrogen (secondary N) is 1. The van der Waals surface area contributed by atoms with E-state index in [0.717, 1.165) is 4.90 Å². The van der Waals surface area contributed by atoms with E-state index in [9.17, 15) is 19.6 Å². The minimum atomic E-state index is -1.11. The van der Waals surface area contributed by atoms with Gasteiger partial charge in [-0.3, -0.25) is 19.8 Å². The third kappa shape index (κ3) is 3.78. The quantitative estimate of drug-likeness (QED) is 0.360. The van der Waals surface area contributed by atoms with Crippen molar-refractivity contribution in [1.29, 1.82) is 5.26 Å². The number of rotatable bonds is 4. The maximum atomic E-state index is 13.1. The summed E-state index contributed by atoms with van der Waals surface area (Å²) in [4.78, 5) is 37.7. The maximum Gasteiger partial charge on any atom is 0.335 e. The van der Waals surface area contributed by atoms with Crippen LogP contribution in [0, 0.1) is 11.3 Å². The highest BCUT2D eigenvalue weighted by Gasteiger charge is 2.34. The van der Waals surface area contributed by atoms with Crippen molar-refractivity contribution in [3.63, 3.8) is 0 Å². The molecule has 2 heterocycles. The lowest BCUT2D eigenvalue weighted by Crippen LogP contribution is -2.54. The van der Waals surface area contributed by atoms with Crippen molar-refractivity contribution < 1.29 is 23.9 Å². The number of hydrogen-bond acceptors (Lipinski definition) is 6. The van der Waals surface area contributed by atoms with Crippen molar-refractivity contribution in [3.8, 4) is 17.4 Å². The molecule has 1 saturated heterocycles. The van der Waals surface area contributed by atoms with Gasteiger partial charge in [0.15, 0.2) is 5.11 Å². The molecule has 1 fully saturated rings. The van der Waals surface area contributed by atoms with Crippen molar-refractivity contribution in [2.45, 2.75) is 0 Å². The topological polar surface area (TPSA) is 124 Å². The van der Waals surface area contributed by atoms with Crippen LogP contribution in [-0.2, 0) is 9.59 Å². The summed E-state index contributed by atoms with van der Waals surface area (Å²) in [6.45, 7) is 0. The van der Waals surface area contributed by atoms with E-state index in [1.54, 1.807) is 36.4 Å². The lowest BCUT2D eigenvalue weighted by Gasteiger charge is -2.28. The molecule has 3 aromatic rings. The Labute approximate surface area is 187 Å². The number of nitrogens with zero attached hydrogens (tertiary/aromatic N) is 2. The van der Waals surface area contributed by atoms with Crippen LogP contribution in [0.25, 0.3) is 17.4 Å². The molecule has 8 nitrogen and oxygen atoms in total. The van der Waals surface area contributed by atoms with Crippen LogP contribution in [0.4, 0.5) is 5.69 Å². The van der Waals surface area contributed by atoms with Crippen LogP contribution in [-0.4, -0.2) is 28.0 Å². The summed E-state index contributed by atoms with van der Waals surface area (Å²) >= 11 is 5.14. The smallest absolute Gasteiger partial charge is 0.335 e. The number of aromatic carboxylic acids is 1. The van der Waals surface area contributed by atoms with Gasteiger partial charge in [0.05, 0.1) is 22.9 Å². The Balaban J connectivity index is 1.67. The van der Waals surface area contributed by atoms with Crippen LogP contribution in [0.15, 0.2) is 70.7 Å². The number of nitriles is 1. The Kier molecular flexibility index (Phi) is 5.37. The number of hydrogen-bond donors (Lipinski definition) is 2. The second kappa shape index (κ2) is 8.29. The zero-order valence-corrected chi connectivity index (χ0v) is 17.1. The fourth-order valence-electron chi connectivity index (χ4n) is 3.16. The van der Waals surface area contributed by atoms with Crippen LogP contribution < -0.4 is 10.2 Å². The Hall–Kier alpha value is -4.55. The van der Waals surface area contributed by atoms with Crippen molar-refractivity contribution in [2.75, 3.05) is 4.90 Å². The molecule has 1 aliphatic rings. The summed E-state index contributed by atoms with van der Waals surface area (Å²) in [6.07, 6.45) is 1.29. The van der Waals surface area contributed by atoms with E-state index in [2.05, 4.69) is 11.4 Å². The normalized spacial score (nSPS) is 14.9. The summed E-state index contributed by atoms with van der Waals surface area (Å²) in [5.74, 6) is -1.83. The van der Waals surface area contributed by atoms with Gasteiger partial charge in [0.1, 0.15) is 17.1 Å². The Morgan fingerprint density at radius 1 is 1.09 bits per heavy atom. The van der Waals surface area contributed by atoms with Gasteiger partial charge in [-0.25, -0.2) is 4.79 Å². The molecule has 2 N–H and O–H groups in total. The Morgan fingerprint density at radius 2 is 1.81 bits per heavy atom. The van der Waals surface area contributed by atoms with Gasteiger partial charge in [0.2, 0.25) is 0 Å². The molecular weight excluding hydrogens is 430 g/mol. The summed E-state index contributed by atoms with van der Waals surface area (Å²) < 4.78 is 5.75. The van der Waals surface area contributed by atoms with Gasteiger partial charge in [-0.1, -0.05) is 12.1 Å². The standard InChI is InChI=1S/C23H13N3O5S/c24-12-14-3-1-2-4-17(14)19-10-9-16(31-19)11-18-20(27)25-23(32)26(21(18)28)15-7-5-13(6-8-15)22(29)30/h1-11H,(H,29,30)(H,25,27,32)/b18-11+. The highest BCUT2D eigenvalue weighted by molar-refractivity contribution is 7.80. The molecule has 2 aromatic carbocycles. The van der Waals surface area contributed by atoms with Gasteiger partial charge in [0.25, 0.3) is 11.8 Å². The number of amides is 2. The zero-order valence-electron chi connectivity index (χ0n) is 16.2. The molecule has 0 aliphatic carbocycles. The predicted octanol–water partition coefficient (Wildman–Crippen LogP) is 3.35. The molecule has 32 heavy (non-hydrogen) atoms. The molecule has 0 unspecified atom stereocenters. The maximum absolute atomic E-state index is 13.1. The minimum absolute atomic E-state index is 0.0460. The van der Waals surface area contributed by atoms with Crippen LogP contribution in [0.2, 0.25) is 0 Å². The zero-order chi connectivity index (χ0) is 22.8. The monoisotopic (exact) mass is 443 g/mol. The van der Waals surface area contributed by atoms with Crippen LogP contribution in [0.5, 0.6) is 0 Å². The first-order valence-corrected chi connectivity index (χ1v) is 9.64. The van der Waals surface area contributed by atoms with Gasteiger partial charge in [-0.15, -0.1) is 0 Å². The molecule has 2 amide bonds. The molecule has 0 spiro atoms. The molecule has 0 atom stereocenters. The largest absolute Gasteiger partial charge is 0.478 e.